The van der Waals surface area contributed by atoms with Gasteiger partial charge in [-0.1, -0.05) is 0 Å². The Kier molecular flexibility index (Phi) is 3.88. The summed E-state index contributed by atoms with van der Waals surface area (Å²) in [5.41, 5.74) is 0. The van der Waals surface area contributed by atoms with Crippen molar-refractivity contribution < 1.29 is 24.9 Å². The summed E-state index contributed by atoms with van der Waals surface area (Å²) in [6.07, 6.45) is -3.39. The number of ketones is 2. The maximum atomic E-state index is 10.6. The van der Waals surface area contributed by atoms with Crippen LogP contribution in [0.5, 0.6) is 0 Å². The number of Topliss-reactive ketones (excluding diaryl/α,β-unsaturated/α-hetero) is 2. The summed E-state index contributed by atoms with van der Waals surface area (Å²) in [4.78, 5) is 20.9. The highest BCUT2D eigenvalue weighted by molar-refractivity contribution is 6.38. The summed E-state index contributed by atoms with van der Waals surface area (Å²) in [7, 11) is 0. The third kappa shape index (κ3) is 2.75. The van der Waals surface area contributed by atoms with E-state index in [9.17, 15) is 9.59 Å². The first-order valence-corrected chi connectivity index (χ1v) is 3.02. The van der Waals surface area contributed by atoms with Crippen molar-refractivity contribution in [2.24, 2.45) is 0 Å². The summed E-state index contributed by atoms with van der Waals surface area (Å²) < 4.78 is 0. The molecule has 3 N–H and O–H groups in total. The topological polar surface area (TPSA) is 94.8 Å². The van der Waals surface area contributed by atoms with E-state index in [2.05, 4.69) is 0 Å². The molecule has 0 spiro atoms. The van der Waals surface area contributed by atoms with E-state index in [0.29, 0.717) is 0 Å². The van der Waals surface area contributed by atoms with E-state index in [1.54, 1.807) is 0 Å². The molecule has 0 aromatic rings. The standard InChI is InChI=1S/C6H10O5/c1-3(8)5(10)6(11)4(9)2-7/h4,6-7,9,11H,2H2,1H3/t4-,6-/m1/s1. The second-order valence-corrected chi connectivity index (χ2v) is 2.12. The molecular weight excluding hydrogens is 152 g/mol. The van der Waals surface area contributed by atoms with E-state index in [1.807, 2.05) is 0 Å². The van der Waals surface area contributed by atoms with Gasteiger partial charge in [-0.2, -0.15) is 0 Å². The SMILES string of the molecule is CC(=O)C(=O)[C@H](O)[C@H](O)CO. The highest BCUT2D eigenvalue weighted by Gasteiger charge is 2.26. The molecule has 2 atom stereocenters. The van der Waals surface area contributed by atoms with Crippen molar-refractivity contribution in [3.05, 3.63) is 0 Å². The van der Waals surface area contributed by atoms with Crippen LogP contribution >= 0.6 is 0 Å². The Bertz CT molecular complexity index is 164. The van der Waals surface area contributed by atoms with Crippen LogP contribution < -0.4 is 0 Å². The van der Waals surface area contributed by atoms with Gasteiger partial charge in [-0.3, -0.25) is 9.59 Å². The molecule has 0 heterocycles. The van der Waals surface area contributed by atoms with E-state index in [0.717, 1.165) is 6.92 Å². The second-order valence-electron chi connectivity index (χ2n) is 2.12. The van der Waals surface area contributed by atoms with Crippen molar-refractivity contribution in [2.75, 3.05) is 6.61 Å². The first kappa shape index (κ1) is 10.2. The third-order valence-electron chi connectivity index (χ3n) is 1.17. The normalized spacial score (nSPS) is 15.6. The molecule has 0 saturated carbocycles. The number of hydrogen-bond acceptors (Lipinski definition) is 5. The summed E-state index contributed by atoms with van der Waals surface area (Å²) in [6.45, 7) is 0.232. The maximum absolute atomic E-state index is 10.6. The number of aliphatic hydroxyl groups is 3. The van der Waals surface area contributed by atoms with Crippen LogP contribution in [0, 0.1) is 0 Å². The van der Waals surface area contributed by atoms with Gasteiger partial charge in [-0.15, -0.1) is 0 Å². The van der Waals surface area contributed by atoms with Crippen LogP contribution in [0.1, 0.15) is 6.92 Å². The van der Waals surface area contributed by atoms with Gasteiger partial charge in [-0.05, 0) is 0 Å². The lowest BCUT2D eigenvalue weighted by molar-refractivity contribution is -0.145. The lowest BCUT2D eigenvalue weighted by Crippen LogP contribution is -2.39. The Balaban J connectivity index is 4.13. The van der Waals surface area contributed by atoms with Crippen molar-refractivity contribution in [1.29, 1.82) is 0 Å². The number of aliphatic hydroxyl groups excluding tert-OH is 3. The van der Waals surface area contributed by atoms with E-state index < -0.39 is 30.4 Å². The molecule has 0 aliphatic rings. The lowest BCUT2D eigenvalue weighted by Gasteiger charge is -2.11. The van der Waals surface area contributed by atoms with Gasteiger partial charge in [-0.25, -0.2) is 0 Å². The minimum Gasteiger partial charge on any atom is -0.394 e. The van der Waals surface area contributed by atoms with Gasteiger partial charge in [0.1, 0.15) is 12.2 Å². The predicted molar refractivity (Wildman–Crippen MR) is 34.8 cm³/mol. The molecule has 0 radical (unpaired) electrons. The highest BCUT2D eigenvalue weighted by Crippen LogP contribution is 1.94. The van der Waals surface area contributed by atoms with E-state index in [4.69, 9.17) is 15.3 Å². The van der Waals surface area contributed by atoms with Gasteiger partial charge in [0.15, 0.2) is 5.78 Å². The number of rotatable bonds is 4. The smallest absolute Gasteiger partial charge is 0.229 e. The fourth-order valence-corrected chi connectivity index (χ4v) is 0.483. The Labute approximate surface area is 63.3 Å². The van der Waals surface area contributed by atoms with Crippen LogP contribution in [0.3, 0.4) is 0 Å². The average molecular weight is 162 g/mol. The van der Waals surface area contributed by atoms with Crippen LogP contribution in [0.4, 0.5) is 0 Å². The Morgan fingerprint density at radius 1 is 1.36 bits per heavy atom. The molecule has 0 saturated heterocycles. The molecule has 0 unspecified atom stereocenters. The zero-order valence-electron chi connectivity index (χ0n) is 6.02. The molecular formula is C6H10O5. The lowest BCUT2D eigenvalue weighted by atomic mass is 10.1. The molecule has 0 bridgehead atoms. The molecule has 0 rings (SSSR count). The summed E-state index contributed by atoms with van der Waals surface area (Å²) in [6, 6.07) is 0. The van der Waals surface area contributed by atoms with E-state index in [-0.39, 0.29) is 0 Å². The Morgan fingerprint density at radius 2 is 1.82 bits per heavy atom. The van der Waals surface area contributed by atoms with Crippen LogP contribution in [-0.4, -0.2) is 45.7 Å². The maximum Gasteiger partial charge on any atom is 0.229 e. The fraction of sp³-hybridized carbons (Fsp3) is 0.667. The fourth-order valence-electron chi connectivity index (χ4n) is 0.483. The minimum atomic E-state index is -1.81. The molecule has 64 valence electrons. The largest absolute Gasteiger partial charge is 0.394 e. The molecule has 0 aliphatic heterocycles. The zero-order valence-corrected chi connectivity index (χ0v) is 6.02. The number of hydrogen-bond donors (Lipinski definition) is 3. The highest BCUT2D eigenvalue weighted by atomic mass is 16.4. The van der Waals surface area contributed by atoms with Crippen LogP contribution in [0.25, 0.3) is 0 Å². The number of carbonyl (C=O) groups is 2. The van der Waals surface area contributed by atoms with Crippen molar-refractivity contribution in [1.82, 2.24) is 0 Å². The second kappa shape index (κ2) is 4.17. The number of carbonyl (C=O) groups excluding carboxylic acids is 2. The monoisotopic (exact) mass is 162 g/mol. The van der Waals surface area contributed by atoms with E-state index >= 15 is 0 Å². The van der Waals surface area contributed by atoms with Gasteiger partial charge < -0.3 is 15.3 Å². The van der Waals surface area contributed by atoms with Gasteiger partial charge >= 0.3 is 0 Å². The third-order valence-corrected chi connectivity index (χ3v) is 1.17. The van der Waals surface area contributed by atoms with Crippen molar-refractivity contribution in [2.45, 2.75) is 19.1 Å². The van der Waals surface area contributed by atoms with Gasteiger partial charge in [0.2, 0.25) is 5.78 Å². The van der Waals surface area contributed by atoms with Crippen molar-refractivity contribution in [3.63, 3.8) is 0 Å². The molecule has 5 nitrogen and oxygen atoms in total. The Hall–Kier alpha value is -0.780. The first-order chi connectivity index (χ1) is 5.00. The van der Waals surface area contributed by atoms with E-state index in [1.165, 1.54) is 0 Å². The first-order valence-electron chi connectivity index (χ1n) is 3.02. The molecule has 0 amide bonds. The zero-order chi connectivity index (χ0) is 9.02. The summed E-state index contributed by atoms with van der Waals surface area (Å²) >= 11 is 0. The van der Waals surface area contributed by atoms with Gasteiger partial charge in [0, 0.05) is 6.92 Å². The molecule has 0 aliphatic carbocycles. The molecule has 0 fully saturated rings. The van der Waals surface area contributed by atoms with Crippen molar-refractivity contribution in [3.8, 4) is 0 Å². The minimum absolute atomic E-state index is 0.750. The Morgan fingerprint density at radius 3 is 2.09 bits per heavy atom. The van der Waals surface area contributed by atoms with Crippen molar-refractivity contribution >= 4 is 11.6 Å². The van der Waals surface area contributed by atoms with Crippen LogP contribution in [0.15, 0.2) is 0 Å². The summed E-state index contributed by atoms with van der Waals surface area (Å²) in [5.74, 6) is -1.93. The van der Waals surface area contributed by atoms with Gasteiger partial charge in [0.05, 0.1) is 6.61 Å². The van der Waals surface area contributed by atoms with Crippen LogP contribution in [0.2, 0.25) is 0 Å². The average Bonchev–Trinajstić information content (AvgIpc) is 2.00. The quantitative estimate of drug-likeness (QED) is 0.410. The molecule has 0 aromatic heterocycles. The van der Waals surface area contributed by atoms with Gasteiger partial charge in [0.25, 0.3) is 0 Å². The summed E-state index contributed by atoms with van der Waals surface area (Å²) in [5, 5.41) is 25.7. The molecule has 11 heavy (non-hydrogen) atoms. The molecule has 5 heteroatoms. The van der Waals surface area contributed by atoms with Crippen LogP contribution in [-0.2, 0) is 9.59 Å². The predicted octanol–water partition coefficient (Wildman–Crippen LogP) is -2.14. The molecule has 0 aromatic carbocycles.